The van der Waals surface area contributed by atoms with Crippen LogP contribution in [0.2, 0.25) is 0 Å². The highest BCUT2D eigenvalue weighted by molar-refractivity contribution is 5.60. The molecule has 1 aromatic heterocycles. The van der Waals surface area contributed by atoms with Gasteiger partial charge in [0.05, 0.1) is 0 Å². The summed E-state index contributed by atoms with van der Waals surface area (Å²) in [6.07, 6.45) is 1.84. The second-order valence-electron chi connectivity index (χ2n) is 7.43. The summed E-state index contributed by atoms with van der Waals surface area (Å²) in [6, 6.07) is 19.0. The molecule has 1 aliphatic rings. The molecule has 0 unspecified atom stereocenters. The largest absolute Gasteiger partial charge is 0.354 e. The summed E-state index contributed by atoms with van der Waals surface area (Å²) < 4.78 is 0. The molecule has 0 atom stereocenters. The summed E-state index contributed by atoms with van der Waals surface area (Å²) in [4.78, 5) is 14.0. The van der Waals surface area contributed by atoms with Gasteiger partial charge in [0.15, 0.2) is 0 Å². The molecule has 28 heavy (non-hydrogen) atoms. The van der Waals surface area contributed by atoms with Crippen LogP contribution in [0.4, 0.5) is 17.5 Å². The van der Waals surface area contributed by atoms with Gasteiger partial charge < -0.3 is 10.2 Å². The molecule has 0 aliphatic carbocycles. The molecule has 0 amide bonds. The van der Waals surface area contributed by atoms with Gasteiger partial charge in [-0.3, -0.25) is 4.90 Å². The zero-order valence-electron chi connectivity index (χ0n) is 16.6. The first kappa shape index (κ1) is 18.4. The van der Waals surface area contributed by atoms with Gasteiger partial charge in [0.25, 0.3) is 0 Å². The first-order valence-corrected chi connectivity index (χ1v) is 9.86. The third kappa shape index (κ3) is 4.49. The Kier molecular flexibility index (Phi) is 5.53. The van der Waals surface area contributed by atoms with Crippen LogP contribution in [0.15, 0.2) is 60.8 Å². The summed E-state index contributed by atoms with van der Waals surface area (Å²) in [5, 5.41) is 3.36. The Hall–Kier alpha value is -2.92. The van der Waals surface area contributed by atoms with Crippen molar-refractivity contribution >= 4 is 17.5 Å². The monoisotopic (exact) mass is 373 g/mol. The number of benzene rings is 2. The first-order valence-electron chi connectivity index (χ1n) is 9.86. The molecule has 1 saturated heterocycles. The zero-order valence-corrected chi connectivity index (χ0v) is 16.6. The van der Waals surface area contributed by atoms with Gasteiger partial charge in [-0.25, -0.2) is 4.98 Å². The van der Waals surface area contributed by atoms with Crippen LogP contribution < -0.4 is 10.2 Å². The fourth-order valence-corrected chi connectivity index (χ4v) is 3.64. The molecule has 3 aromatic rings. The summed E-state index contributed by atoms with van der Waals surface area (Å²) in [6.45, 7) is 9.26. The van der Waals surface area contributed by atoms with Gasteiger partial charge in [-0.05, 0) is 37.1 Å². The van der Waals surface area contributed by atoms with Gasteiger partial charge in [0.1, 0.15) is 5.82 Å². The standard InChI is InChI=1S/C23H27N5/c1-18-8-9-21(19(2)16-18)25-23-24-11-10-22(26-23)28-14-12-27(13-15-28)17-20-6-4-3-5-7-20/h3-11,16H,12-15,17H2,1-2H3,(H,24,25,26). The Labute approximate surface area is 167 Å². The summed E-state index contributed by atoms with van der Waals surface area (Å²) in [5.41, 5.74) is 4.88. The minimum atomic E-state index is 0.649. The van der Waals surface area contributed by atoms with Crippen LogP contribution in [0.3, 0.4) is 0 Å². The molecule has 0 saturated carbocycles. The molecule has 2 heterocycles. The average molecular weight is 374 g/mol. The highest BCUT2D eigenvalue weighted by Gasteiger charge is 2.18. The summed E-state index contributed by atoms with van der Waals surface area (Å²) in [5.74, 6) is 1.64. The Morgan fingerprint density at radius 3 is 2.46 bits per heavy atom. The van der Waals surface area contributed by atoms with E-state index in [1.807, 2.05) is 12.3 Å². The lowest BCUT2D eigenvalue weighted by Crippen LogP contribution is -2.46. The SMILES string of the molecule is Cc1ccc(Nc2nccc(N3CCN(Cc4ccccc4)CC3)n2)c(C)c1. The molecule has 5 heteroatoms. The van der Waals surface area contributed by atoms with Gasteiger partial charge in [-0.2, -0.15) is 4.98 Å². The predicted octanol–water partition coefficient (Wildman–Crippen LogP) is 4.16. The van der Waals surface area contributed by atoms with E-state index in [0.717, 1.165) is 44.2 Å². The Bertz CT molecular complexity index is 917. The van der Waals surface area contributed by atoms with Crippen molar-refractivity contribution in [3.63, 3.8) is 0 Å². The van der Waals surface area contributed by atoms with Crippen molar-refractivity contribution < 1.29 is 0 Å². The lowest BCUT2D eigenvalue weighted by atomic mass is 10.1. The fourth-order valence-electron chi connectivity index (χ4n) is 3.64. The van der Waals surface area contributed by atoms with E-state index in [9.17, 15) is 0 Å². The molecule has 1 fully saturated rings. The van der Waals surface area contributed by atoms with Crippen LogP contribution in [0.25, 0.3) is 0 Å². The lowest BCUT2D eigenvalue weighted by Gasteiger charge is -2.35. The number of nitrogens with zero attached hydrogens (tertiary/aromatic N) is 4. The van der Waals surface area contributed by atoms with Gasteiger partial charge in [-0.1, -0.05) is 48.0 Å². The minimum Gasteiger partial charge on any atom is -0.354 e. The highest BCUT2D eigenvalue weighted by atomic mass is 15.3. The topological polar surface area (TPSA) is 44.3 Å². The van der Waals surface area contributed by atoms with E-state index in [0.29, 0.717) is 5.95 Å². The van der Waals surface area contributed by atoms with E-state index in [-0.39, 0.29) is 0 Å². The third-order valence-corrected chi connectivity index (χ3v) is 5.21. The van der Waals surface area contributed by atoms with Gasteiger partial charge in [0.2, 0.25) is 5.95 Å². The zero-order chi connectivity index (χ0) is 19.3. The molecule has 1 aliphatic heterocycles. The first-order chi connectivity index (χ1) is 13.7. The number of rotatable bonds is 5. The van der Waals surface area contributed by atoms with Crippen LogP contribution in [-0.4, -0.2) is 41.0 Å². The second kappa shape index (κ2) is 8.40. The molecular weight excluding hydrogens is 346 g/mol. The number of hydrogen-bond acceptors (Lipinski definition) is 5. The summed E-state index contributed by atoms with van der Waals surface area (Å²) in [7, 11) is 0. The quantitative estimate of drug-likeness (QED) is 0.727. The van der Waals surface area contributed by atoms with Crippen LogP contribution >= 0.6 is 0 Å². The molecule has 0 spiro atoms. The van der Waals surface area contributed by atoms with Crippen LogP contribution in [0, 0.1) is 13.8 Å². The van der Waals surface area contributed by atoms with Crippen molar-refractivity contribution in [2.45, 2.75) is 20.4 Å². The molecule has 5 nitrogen and oxygen atoms in total. The lowest BCUT2D eigenvalue weighted by molar-refractivity contribution is 0.249. The van der Waals surface area contributed by atoms with Gasteiger partial charge in [-0.15, -0.1) is 0 Å². The van der Waals surface area contributed by atoms with Crippen molar-refractivity contribution in [1.82, 2.24) is 14.9 Å². The van der Waals surface area contributed by atoms with Crippen molar-refractivity contribution in [3.8, 4) is 0 Å². The van der Waals surface area contributed by atoms with E-state index >= 15 is 0 Å². The Balaban J connectivity index is 1.38. The number of aromatic nitrogens is 2. The average Bonchev–Trinajstić information content (AvgIpc) is 2.72. The fraction of sp³-hybridized carbons (Fsp3) is 0.304. The van der Waals surface area contributed by atoms with Gasteiger partial charge in [0, 0.05) is 44.6 Å². The number of aryl methyl sites for hydroxylation is 2. The molecule has 0 radical (unpaired) electrons. The van der Waals surface area contributed by atoms with Crippen LogP contribution in [0.5, 0.6) is 0 Å². The van der Waals surface area contributed by atoms with E-state index in [1.165, 1.54) is 16.7 Å². The smallest absolute Gasteiger partial charge is 0.229 e. The van der Waals surface area contributed by atoms with E-state index in [1.54, 1.807) is 0 Å². The van der Waals surface area contributed by atoms with E-state index in [2.05, 4.69) is 82.5 Å². The minimum absolute atomic E-state index is 0.649. The maximum Gasteiger partial charge on any atom is 0.229 e. The molecular formula is C23H27N5. The summed E-state index contributed by atoms with van der Waals surface area (Å²) >= 11 is 0. The number of hydrogen-bond donors (Lipinski definition) is 1. The molecule has 0 bridgehead atoms. The van der Waals surface area contributed by atoms with E-state index in [4.69, 9.17) is 4.98 Å². The second-order valence-corrected chi connectivity index (χ2v) is 7.43. The highest BCUT2D eigenvalue weighted by Crippen LogP contribution is 2.21. The van der Waals surface area contributed by atoms with Crippen molar-refractivity contribution in [2.75, 3.05) is 36.4 Å². The molecule has 4 rings (SSSR count). The van der Waals surface area contributed by atoms with Crippen LogP contribution in [0.1, 0.15) is 16.7 Å². The van der Waals surface area contributed by atoms with Gasteiger partial charge >= 0.3 is 0 Å². The molecule has 144 valence electrons. The predicted molar refractivity (Wildman–Crippen MR) is 115 cm³/mol. The van der Waals surface area contributed by atoms with Crippen LogP contribution in [-0.2, 0) is 6.54 Å². The Morgan fingerprint density at radius 1 is 0.929 bits per heavy atom. The number of piperazine rings is 1. The maximum absolute atomic E-state index is 4.75. The third-order valence-electron chi connectivity index (χ3n) is 5.21. The Morgan fingerprint density at radius 2 is 1.71 bits per heavy atom. The van der Waals surface area contributed by atoms with Crippen molar-refractivity contribution in [2.24, 2.45) is 0 Å². The normalized spacial score (nSPS) is 14.9. The maximum atomic E-state index is 4.75. The van der Waals surface area contributed by atoms with Crippen molar-refractivity contribution in [3.05, 3.63) is 77.5 Å². The van der Waals surface area contributed by atoms with E-state index < -0.39 is 0 Å². The molecule has 1 N–H and O–H groups in total. The number of nitrogens with one attached hydrogen (secondary N) is 1. The van der Waals surface area contributed by atoms with Crippen molar-refractivity contribution in [1.29, 1.82) is 0 Å². The molecule has 2 aromatic carbocycles. The number of anilines is 3.